The lowest BCUT2D eigenvalue weighted by Crippen LogP contribution is -2.24. The molecule has 23 heavy (non-hydrogen) atoms. The molecular formula is C19H18N2O2. The number of ether oxygens (including phenoxy) is 1. The van der Waals surface area contributed by atoms with Gasteiger partial charge in [0.25, 0.3) is 5.91 Å². The molecule has 0 radical (unpaired) electrons. The number of amides is 1. The van der Waals surface area contributed by atoms with Gasteiger partial charge >= 0.3 is 0 Å². The molecule has 1 amide bonds. The van der Waals surface area contributed by atoms with Crippen LogP contribution in [0.2, 0.25) is 0 Å². The number of nitrogens with zero attached hydrogens (tertiary/aromatic N) is 1. The molecule has 0 unspecified atom stereocenters. The van der Waals surface area contributed by atoms with Crippen LogP contribution in [-0.4, -0.2) is 18.3 Å². The Labute approximate surface area is 135 Å². The second-order valence-electron chi connectivity index (χ2n) is 5.32. The number of rotatable bonds is 4. The first kappa shape index (κ1) is 15.0. The lowest BCUT2D eigenvalue weighted by atomic mass is 10.1. The van der Waals surface area contributed by atoms with Crippen LogP contribution in [0.25, 0.3) is 6.08 Å². The van der Waals surface area contributed by atoms with E-state index in [-0.39, 0.29) is 5.91 Å². The summed E-state index contributed by atoms with van der Waals surface area (Å²) < 4.78 is 5.47. The van der Waals surface area contributed by atoms with Crippen LogP contribution in [-0.2, 0) is 4.79 Å². The van der Waals surface area contributed by atoms with Crippen molar-refractivity contribution in [3.05, 3.63) is 70.9 Å². The molecule has 0 saturated heterocycles. The van der Waals surface area contributed by atoms with Crippen molar-refractivity contribution in [3.63, 3.8) is 0 Å². The highest BCUT2D eigenvalue weighted by atomic mass is 16.5. The third kappa shape index (κ3) is 3.48. The molecule has 0 bridgehead atoms. The van der Waals surface area contributed by atoms with Gasteiger partial charge in [-0.2, -0.15) is 0 Å². The minimum Gasteiger partial charge on any atom is -0.494 e. The standard InChI is InChI=1S/C19H18N2O2/c1-3-23-16-6-4-5-14(11-16)12-17-19(22)21-18(20-17)15-9-7-13(2)8-10-15/h4-12H,3H2,1-2H3,(H,20,21,22)/b17-12+. The Morgan fingerprint density at radius 3 is 2.70 bits per heavy atom. The van der Waals surface area contributed by atoms with Gasteiger partial charge in [-0.3, -0.25) is 4.79 Å². The molecule has 0 spiro atoms. The summed E-state index contributed by atoms with van der Waals surface area (Å²) in [5, 5.41) is 2.81. The Morgan fingerprint density at radius 2 is 1.96 bits per heavy atom. The summed E-state index contributed by atoms with van der Waals surface area (Å²) >= 11 is 0. The summed E-state index contributed by atoms with van der Waals surface area (Å²) in [6.45, 7) is 4.57. The fourth-order valence-corrected chi connectivity index (χ4v) is 2.34. The predicted molar refractivity (Wildman–Crippen MR) is 91.4 cm³/mol. The zero-order valence-electron chi connectivity index (χ0n) is 13.2. The summed E-state index contributed by atoms with van der Waals surface area (Å²) in [5.41, 5.74) is 3.35. The van der Waals surface area contributed by atoms with E-state index >= 15 is 0 Å². The summed E-state index contributed by atoms with van der Waals surface area (Å²) in [6, 6.07) is 15.5. The highest BCUT2D eigenvalue weighted by Gasteiger charge is 2.20. The van der Waals surface area contributed by atoms with Crippen molar-refractivity contribution in [2.75, 3.05) is 6.61 Å². The van der Waals surface area contributed by atoms with Crippen LogP contribution in [0, 0.1) is 6.92 Å². The van der Waals surface area contributed by atoms with E-state index in [0.29, 0.717) is 18.1 Å². The number of hydrogen-bond donors (Lipinski definition) is 1. The maximum absolute atomic E-state index is 12.1. The number of nitrogens with one attached hydrogen (secondary N) is 1. The van der Waals surface area contributed by atoms with Gasteiger partial charge in [-0.15, -0.1) is 0 Å². The minimum atomic E-state index is -0.192. The molecule has 0 aliphatic carbocycles. The van der Waals surface area contributed by atoms with E-state index < -0.39 is 0 Å². The first-order valence-corrected chi connectivity index (χ1v) is 7.57. The molecule has 1 aliphatic heterocycles. The molecule has 2 aromatic rings. The highest BCUT2D eigenvalue weighted by molar-refractivity contribution is 6.19. The van der Waals surface area contributed by atoms with Crippen LogP contribution in [0.4, 0.5) is 0 Å². The van der Waals surface area contributed by atoms with Gasteiger partial charge in [0.15, 0.2) is 0 Å². The molecule has 4 nitrogen and oxygen atoms in total. The van der Waals surface area contributed by atoms with Crippen molar-refractivity contribution in [1.29, 1.82) is 0 Å². The predicted octanol–water partition coefficient (Wildman–Crippen LogP) is 3.31. The smallest absolute Gasteiger partial charge is 0.275 e. The van der Waals surface area contributed by atoms with Gasteiger partial charge in [0.2, 0.25) is 0 Å². The van der Waals surface area contributed by atoms with Crippen molar-refractivity contribution in [3.8, 4) is 5.75 Å². The average Bonchev–Trinajstić information content (AvgIpc) is 2.90. The van der Waals surface area contributed by atoms with E-state index in [1.165, 1.54) is 5.56 Å². The molecule has 3 rings (SSSR count). The van der Waals surface area contributed by atoms with E-state index in [1.54, 1.807) is 6.08 Å². The van der Waals surface area contributed by atoms with Gasteiger partial charge in [0.1, 0.15) is 17.3 Å². The number of carbonyl (C=O) groups is 1. The van der Waals surface area contributed by atoms with Crippen molar-refractivity contribution in [1.82, 2.24) is 5.32 Å². The molecule has 0 saturated carbocycles. The molecule has 116 valence electrons. The zero-order chi connectivity index (χ0) is 16.2. The summed E-state index contributed by atoms with van der Waals surface area (Å²) in [6.07, 6.45) is 1.76. The SMILES string of the molecule is CCOc1cccc(/C=C2/N=C(c3ccc(C)cc3)NC2=O)c1. The van der Waals surface area contributed by atoms with Crippen molar-refractivity contribution in [2.24, 2.45) is 4.99 Å². The van der Waals surface area contributed by atoms with E-state index in [0.717, 1.165) is 16.9 Å². The lowest BCUT2D eigenvalue weighted by Gasteiger charge is -2.03. The molecule has 4 heteroatoms. The number of benzene rings is 2. The van der Waals surface area contributed by atoms with Crippen LogP contribution in [0.3, 0.4) is 0 Å². The number of aliphatic imine (C=N–C) groups is 1. The second kappa shape index (κ2) is 6.48. The highest BCUT2D eigenvalue weighted by Crippen LogP contribution is 2.19. The Kier molecular flexibility index (Phi) is 4.24. The van der Waals surface area contributed by atoms with Gasteiger partial charge in [-0.25, -0.2) is 4.99 Å². The third-order valence-corrected chi connectivity index (χ3v) is 3.49. The maximum atomic E-state index is 12.1. The summed E-state index contributed by atoms with van der Waals surface area (Å²) in [4.78, 5) is 16.5. The zero-order valence-corrected chi connectivity index (χ0v) is 13.2. The first-order chi connectivity index (χ1) is 11.2. The maximum Gasteiger partial charge on any atom is 0.275 e. The summed E-state index contributed by atoms with van der Waals surface area (Å²) in [7, 11) is 0. The number of carbonyl (C=O) groups excluding carboxylic acids is 1. The van der Waals surface area contributed by atoms with Crippen molar-refractivity contribution in [2.45, 2.75) is 13.8 Å². The van der Waals surface area contributed by atoms with Gasteiger partial charge in [-0.1, -0.05) is 42.0 Å². The van der Waals surface area contributed by atoms with Gasteiger partial charge in [0, 0.05) is 5.56 Å². The molecule has 0 atom stereocenters. The molecule has 2 aromatic carbocycles. The fourth-order valence-electron chi connectivity index (χ4n) is 2.34. The van der Waals surface area contributed by atoms with Crippen LogP contribution >= 0.6 is 0 Å². The monoisotopic (exact) mass is 306 g/mol. The third-order valence-electron chi connectivity index (χ3n) is 3.49. The Hall–Kier alpha value is -2.88. The minimum absolute atomic E-state index is 0.192. The summed E-state index contributed by atoms with van der Waals surface area (Å²) in [5.74, 6) is 1.17. The van der Waals surface area contributed by atoms with E-state index in [2.05, 4.69) is 10.3 Å². The lowest BCUT2D eigenvalue weighted by molar-refractivity contribution is -0.115. The second-order valence-corrected chi connectivity index (χ2v) is 5.32. The van der Waals surface area contributed by atoms with Crippen molar-refractivity contribution >= 4 is 17.8 Å². The van der Waals surface area contributed by atoms with Gasteiger partial charge in [0.05, 0.1) is 6.61 Å². The van der Waals surface area contributed by atoms with Gasteiger partial charge in [-0.05, 0) is 37.6 Å². The normalized spacial score (nSPS) is 15.5. The van der Waals surface area contributed by atoms with Crippen LogP contribution in [0.5, 0.6) is 5.75 Å². The first-order valence-electron chi connectivity index (χ1n) is 7.57. The number of aryl methyl sites for hydroxylation is 1. The van der Waals surface area contributed by atoms with Crippen LogP contribution in [0.15, 0.2) is 59.2 Å². The van der Waals surface area contributed by atoms with E-state index in [9.17, 15) is 4.79 Å². The van der Waals surface area contributed by atoms with Crippen LogP contribution < -0.4 is 10.1 Å². The molecule has 1 N–H and O–H groups in total. The largest absolute Gasteiger partial charge is 0.494 e. The molecule has 1 heterocycles. The van der Waals surface area contributed by atoms with Gasteiger partial charge < -0.3 is 10.1 Å². The number of hydrogen-bond acceptors (Lipinski definition) is 3. The Bertz CT molecular complexity index is 789. The van der Waals surface area contributed by atoms with Crippen molar-refractivity contribution < 1.29 is 9.53 Å². The van der Waals surface area contributed by atoms with Crippen LogP contribution in [0.1, 0.15) is 23.6 Å². The van der Waals surface area contributed by atoms with E-state index in [4.69, 9.17) is 4.74 Å². The Balaban J connectivity index is 1.88. The Morgan fingerprint density at radius 1 is 1.17 bits per heavy atom. The topological polar surface area (TPSA) is 50.7 Å². The molecule has 0 aromatic heterocycles. The quantitative estimate of drug-likeness (QED) is 0.881. The molecule has 0 fully saturated rings. The van der Waals surface area contributed by atoms with E-state index in [1.807, 2.05) is 62.4 Å². The average molecular weight is 306 g/mol. The number of amidine groups is 1. The fraction of sp³-hybridized carbons (Fsp3) is 0.158. The molecule has 1 aliphatic rings. The molecular weight excluding hydrogens is 288 g/mol.